The summed E-state index contributed by atoms with van der Waals surface area (Å²) in [5, 5.41) is 32.2. The van der Waals surface area contributed by atoms with Gasteiger partial charge in [0.05, 0.1) is 12.0 Å². The lowest BCUT2D eigenvalue weighted by atomic mass is 9.66. The molecule has 29 heavy (non-hydrogen) atoms. The maximum atomic E-state index is 12.8. The number of hydrogen-bond acceptors (Lipinski definition) is 4. The highest BCUT2D eigenvalue weighted by Crippen LogP contribution is 2.46. The summed E-state index contributed by atoms with van der Waals surface area (Å²) in [7, 11) is 0. The molecule has 156 valence electrons. The summed E-state index contributed by atoms with van der Waals surface area (Å²) in [5.41, 5.74) is -0.729. The molecule has 7 heteroatoms. The van der Waals surface area contributed by atoms with Gasteiger partial charge in [-0.3, -0.25) is 4.98 Å². The first-order valence-corrected chi connectivity index (χ1v) is 9.35. The first kappa shape index (κ1) is 21.3. The summed E-state index contributed by atoms with van der Waals surface area (Å²) in [5.74, 6) is -1.01. The van der Waals surface area contributed by atoms with Crippen LogP contribution in [0.3, 0.4) is 0 Å². The summed E-state index contributed by atoms with van der Waals surface area (Å²) >= 11 is 0. The van der Waals surface area contributed by atoms with Crippen LogP contribution in [0, 0.1) is 11.8 Å². The monoisotopic (exact) mass is 407 g/mol. The predicted molar refractivity (Wildman–Crippen MR) is 104 cm³/mol. The molecule has 0 aliphatic heterocycles. The fourth-order valence-corrected chi connectivity index (χ4v) is 4.05. The van der Waals surface area contributed by atoms with Crippen LogP contribution >= 0.6 is 0 Å². The van der Waals surface area contributed by atoms with Crippen LogP contribution in [-0.2, 0) is 6.18 Å². The minimum Gasteiger partial charge on any atom is -0.512 e. The van der Waals surface area contributed by atoms with Crippen LogP contribution in [0.25, 0.3) is 5.57 Å². The molecule has 0 saturated heterocycles. The van der Waals surface area contributed by atoms with E-state index in [1.807, 2.05) is 6.08 Å². The minimum absolute atomic E-state index is 0.0849. The van der Waals surface area contributed by atoms with Gasteiger partial charge < -0.3 is 15.3 Å². The Hall–Kier alpha value is -2.38. The number of nitrogens with zero attached hydrogens (tertiary/aromatic N) is 1. The molecule has 1 aromatic rings. The number of hydrogen-bond donors (Lipinski definition) is 3. The maximum absolute atomic E-state index is 12.8. The van der Waals surface area contributed by atoms with E-state index < -0.39 is 29.5 Å². The Morgan fingerprint density at radius 2 is 1.97 bits per heavy atom. The number of pyridine rings is 1. The van der Waals surface area contributed by atoms with E-state index in [2.05, 4.69) is 11.6 Å². The van der Waals surface area contributed by atoms with Crippen molar-refractivity contribution in [1.82, 2.24) is 4.98 Å². The lowest BCUT2D eigenvalue weighted by Gasteiger charge is -2.42. The number of allylic oxidation sites excluding steroid dienone is 3. The van der Waals surface area contributed by atoms with Gasteiger partial charge >= 0.3 is 6.18 Å². The van der Waals surface area contributed by atoms with E-state index in [9.17, 15) is 28.5 Å². The second-order valence-electron chi connectivity index (χ2n) is 7.85. The Kier molecular flexibility index (Phi) is 5.49. The smallest absolute Gasteiger partial charge is 0.433 e. The molecule has 0 aromatic carbocycles. The quantitative estimate of drug-likeness (QED) is 0.642. The van der Waals surface area contributed by atoms with Crippen molar-refractivity contribution in [2.24, 2.45) is 11.8 Å². The second kappa shape index (κ2) is 7.46. The van der Waals surface area contributed by atoms with E-state index in [-0.39, 0.29) is 11.7 Å². The zero-order valence-corrected chi connectivity index (χ0v) is 16.2. The predicted octanol–water partition coefficient (Wildman–Crippen LogP) is 4.58. The Bertz CT molecular complexity index is 899. The summed E-state index contributed by atoms with van der Waals surface area (Å²) in [6, 6.07) is 2.12. The second-order valence-corrected chi connectivity index (χ2v) is 7.85. The largest absolute Gasteiger partial charge is 0.512 e. The van der Waals surface area contributed by atoms with Gasteiger partial charge in [0.1, 0.15) is 17.1 Å². The third-order valence-electron chi connectivity index (χ3n) is 5.75. The standard InChI is InChI=1S/C22H24F3NO3/c1-12(2)21(29)10-16(15-5-7-19(26-11-15)22(23,24)25)9-18(28)20(21)14-4-6-17(27)13(3)8-14/h5,7-11,14,17,20,27-29H,1,4,6H2,2-3H3/t14?,17?,20-,21?/m0/s1. The average molecular weight is 407 g/mol. The summed E-state index contributed by atoms with van der Waals surface area (Å²) in [6.45, 7) is 7.31. The first-order valence-electron chi connectivity index (χ1n) is 9.35. The molecule has 0 spiro atoms. The minimum atomic E-state index is -4.54. The Morgan fingerprint density at radius 1 is 1.28 bits per heavy atom. The van der Waals surface area contributed by atoms with E-state index in [4.69, 9.17) is 0 Å². The van der Waals surface area contributed by atoms with Gasteiger partial charge in [0.2, 0.25) is 0 Å². The van der Waals surface area contributed by atoms with Crippen LogP contribution in [0.5, 0.6) is 0 Å². The lowest BCUT2D eigenvalue weighted by Crippen LogP contribution is -2.44. The van der Waals surface area contributed by atoms with E-state index in [0.717, 1.165) is 17.8 Å². The highest BCUT2D eigenvalue weighted by atomic mass is 19.4. The molecule has 1 heterocycles. The number of aliphatic hydroxyl groups is 3. The van der Waals surface area contributed by atoms with Crippen LogP contribution in [0.15, 0.2) is 60.0 Å². The first-order chi connectivity index (χ1) is 13.4. The van der Waals surface area contributed by atoms with Crippen LogP contribution in [0.2, 0.25) is 0 Å². The Balaban J connectivity index is 2.01. The lowest BCUT2D eigenvalue weighted by molar-refractivity contribution is -0.141. The van der Waals surface area contributed by atoms with Gasteiger partial charge in [-0.05, 0) is 73.1 Å². The molecule has 0 bridgehead atoms. The van der Waals surface area contributed by atoms with E-state index in [1.54, 1.807) is 13.8 Å². The van der Waals surface area contributed by atoms with Gasteiger partial charge in [0.15, 0.2) is 0 Å². The molecule has 0 amide bonds. The number of aliphatic hydroxyl groups excluding tert-OH is 2. The van der Waals surface area contributed by atoms with Crippen molar-refractivity contribution in [3.05, 3.63) is 71.3 Å². The number of halogens is 3. The highest BCUT2D eigenvalue weighted by molar-refractivity contribution is 5.77. The van der Waals surface area contributed by atoms with Crippen molar-refractivity contribution in [2.75, 3.05) is 0 Å². The molecule has 2 aliphatic carbocycles. The molecule has 4 atom stereocenters. The molecule has 3 rings (SSSR count). The van der Waals surface area contributed by atoms with Crippen molar-refractivity contribution in [1.29, 1.82) is 0 Å². The summed E-state index contributed by atoms with van der Waals surface area (Å²) in [6.07, 6.45) is 1.89. The van der Waals surface area contributed by atoms with E-state index in [0.29, 0.717) is 29.6 Å². The van der Waals surface area contributed by atoms with Gasteiger partial charge in [-0.15, -0.1) is 0 Å². The van der Waals surface area contributed by atoms with Crippen LogP contribution < -0.4 is 0 Å². The van der Waals surface area contributed by atoms with Crippen LogP contribution in [-0.4, -0.2) is 32.0 Å². The summed E-state index contributed by atoms with van der Waals surface area (Å²) in [4.78, 5) is 3.45. The fourth-order valence-electron chi connectivity index (χ4n) is 4.05. The maximum Gasteiger partial charge on any atom is 0.433 e. The van der Waals surface area contributed by atoms with Crippen molar-refractivity contribution in [3.63, 3.8) is 0 Å². The van der Waals surface area contributed by atoms with Crippen molar-refractivity contribution in [2.45, 2.75) is 44.6 Å². The highest BCUT2D eigenvalue weighted by Gasteiger charge is 2.46. The third kappa shape index (κ3) is 4.02. The summed E-state index contributed by atoms with van der Waals surface area (Å²) < 4.78 is 38.3. The number of aromatic nitrogens is 1. The molecule has 2 aliphatic rings. The number of rotatable bonds is 3. The van der Waals surface area contributed by atoms with Gasteiger partial charge in [0, 0.05) is 6.20 Å². The fraction of sp³-hybridized carbons (Fsp3) is 0.409. The van der Waals surface area contributed by atoms with Gasteiger partial charge in [-0.1, -0.05) is 18.7 Å². The molecule has 0 radical (unpaired) electrons. The molecule has 3 N–H and O–H groups in total. The molecule has 1 aromatic heterocycles. The molecular weight excluding hydrogens is 383 g/mol. The molecule has 3 unspecified atom stereocenters. The Morgan fingerprint density at radius 3 is 2.48 bits per heavy atom. The third-order valence-corrected chi connectivity index (χ3v) is 5.75. The topological polar surface area (TPSA) is 73.6 Å². The average Bonchev–Trinajstić information content (AvgIpc) is 2.63. The zero-order chi connectivity index (χ0) is 21.6. The SMILES string of the molecule is C=C(C)C1(O)C=C(c2ccc(C(F)(F)F)nc2)C=C(O)[C@@H]1C1C=C(C)C(O)CC1. The van der Waals surface area contributed by atoms with Crippen molar-refractivity contribution < 1.29 is 28.5 Å². The zero-order valence-electron chi connectivity index (χ0n) is 16.2. The molecule has 0 saturated carbocycles. The number of alkyl halides is 3. The van der Waals surface area contributed by atoms with Crippen molar-refractivity contribution in [3.8, 4) is 0 Å². The van der Waals surface area contributed by atoms with Crippen LogP contribution in [0.1, 0.15) is 37.9 Å². The molecule has 4 nitrogen and oxygen atoms in total. The van der Waals surface area contributed by atoms with Crippen LogP contribution in [0.4, 0.5) is 13.2 Å². The normalized spacial score (nSPS) is 30.3. The van der Waals surface area contributed by atoms with E-state index in [1.165, 1.54) is 18.2 Å². The Labute approximate surface area is 167 Å². The van der Waals surface area contributed by atoms with Gasteiger partial charge in [-0.25, -0.2) is 0 Å². The van der Waals surface area contributed by atoms with Gasteiger partial charge in [-0.2, -0.15) is 13.2 Å². The molecule has 0 fully saturated rings. The van der Waals surface area contributed by atoms with E-state index >= 15 is 0 Å². The molecular formula is C22H24F3NO3. The van der Waals surface area contributed by atoms with Gasteiger partial charge in [0.25, 0.3) is 0 Å². The van der Waals surface area contributed by atoms with Crippen molar-refractivity contribution >= 4 is 5.57 Å².